The molecule has 0 saturated carbocycles. The van der Waals surface area contributed by atoms with Gasteiger partial charge in [0.05, 0.1) is 11.6 Å². The van der Waals surface area contributed by atoms with Gasteiger partial charge in [0.2, 0.25) is 6.71 Å². The van der Waals surface area contributed by atoms with E-state index in [1.54, 1.807) is 0 Å². The molecule has 1 unspecified atom stereocenters. The maximum Gasteiger partial charge on any atom is 0.248 e. The second-order valence-electron chi connectivity index (χ2n) is 12.4. The average molecular weight is 556 g/mol. The van der Waals surface area contributed by atoms with E-state index in [1.165, 1.54) is 78.0 Å². The molecule has 2 aliphatic heterocycles. The number of fused-ring (bicyclic) bond motifs is 5. The van der Waals surface area contributed by atoms with E-state index in [1.807, 2.05) is 12.1 Å². The van der Waals surface area contributed by atoms with Crippen molar-refractivity contribution in [2.75, 3.05) is 4.90 Å². The lowest BCUT2D eigenvalue weighted by Gasteiger charge is -2.38. The molecule has 0 amide bonds. The normalized spacial score (nSPS) is 17.2. The Morgan fingerprint density at radius 3 is 2.50 bits per heavy atom. The van der Waals surface area contributed by atoms with Gasteiger partial charge in [0.1, 0.15) is 0 Å². The van der Waals surface area contributed by atoms with Gasteiger partial charge in [-0.25, -0.2) is 0 Å². The summed E-state index contributed by atoms with van der Waals surface area (Å²) in [5, 5.41) is 9.29. The van der Waals surface area contributed by atoms with Crippen molar-refractivity contribution in [3.05, 3.63) is 161 Å². The Hall–Kier alpha value is -5.59. The number of hydrogen-bond acceptors (Lipinski definition) is 2. The molecule has 5 aromatic rings. The maximum absolute atomic E-state index is 9.29. The number of hydrogen-bond donors (Lipinski definition) is 0. The monoisotopic (exact) mass is 556 g/mol. The van der Waals surface area contributed by atoms with Gasteiger partial charge in [-0.3, -0.25) is 0 Å². The van der Waals surface area contributed by atoms with Gasteiger partial charge in [0.15, 0.2) is 0 Å². The third-order valence-electron chi connectivity index (χ3n) is 10.2. The summed E-state index contributed by atoms with van der Waals surface area (Å²) in [7, 11) is 0. The largest absolute Gasteiger partial charge is 0.311 e. The van der Waals surface area contributed by atoms with Crippen LogP contribution in [-0.2, 0) is 6.42 Å². The Bertz CT molecular complexity index is 2280. The van der Waals surface area contributed by atoms with E-state index in [0.717, 1.165) is 12.0 Å². The highest BCUT2D eigenvalue weighted by atomic mass is 15.2. The molecule has 3 heteroatoms. The predicted octanol–water partition coefficient (Wildman–Crippen LogP) is 7.59. The van der Waals surface area contributed by atoms with Crippen LogP contribution in [0.5, 0.6) is 0 Å². The highest BCUT2D eigenvalue weighted by molar-refractivity contribution is 7.01. The number of anilines is 3. The maximum atomic E-state index is 9.29. The van der Waals surface area contributed by atoms with Crippen molar-refractivity contribution in [2.45, 2.75) is 12.3 Å². The van der Waals surface area contributed by atoms with Crippen molar-refractivity contribution in [1.82, 2.24) is 0 Å². The van der Waals surface area contributed by atoms with Gasteiger partial charge >= 0.3 is 0 Å². The predicted molar refractivity (Wildman–Crippen MR) is 182 cm³/mol. The molecule has 5 aromatic carbocycles. The van der Waals surface area contributed by atoms with Crippen molar-refractivity contribution in [2.24, 2.45) is 0 Å². The Balaban J connectivity index is 1.16. The fraction of sp³-hybridized carbons (Fsp3) is 0.0488. The molecule has 3 aliphatic carbocycles. The van der Waals surface area contributed by atoms with Gasteiger partial charge in [-0.05, 0) is 104 Å². The summed E-state index contributed by atoms with van der Waals surface area (Å²) in [5.41, 5.74) is 20.5. The van der Waals surface area contributed by atoms with Crippen molar-refractivity contribution >= 4 is 46.2 Å². The van der Waals surface area contributed by atoms with E-state index in [4.69, 9.17) is 0 Å². The second kappa shape index (κ2) is 8.72. The van der Waals surface area contributed by atoms with E-state index >= 15 is 0 Å². The van der Waals surface area contributed by atoms with Crippen LogP contribution in [0.4, 0.5) is 17.1 Å². The van der Waals surface area contributed by atoms with Crippen LogP contribution in [0.1, 0.15) is 28.2 Å². The van der Waals surface area contributed by atoms with E-state index in [0.29, 0.717) is 11.5 Å². The average Bonchev–Trinajstić information content (AvgIpc) is 3.42. The van der Waals surface area contributed by atoms with Crippen LogP contribution in [0.3, 0.4) is 0 Å². The first-order valence-corrected chi connectivity index (χ1v) is 15.4. The zero-order valence-corrected chi connectivity index (χ0v) is 24.0. The minimum atomic E-state index is 0.171. The standard InChI is InChI=1S/C41H25BN2/c43-24-25-11-13-26(14-12-25)29-19-20-33-34-7-4-10-38-41(34)42(36(33)23-29)35-8-1-2-9-37(35)44(38)32-21-30-17-15-27-5-3-6-28-16-18-31(22-32)40(30)39(27)28/h1-17,19-23,39H,18H2. The van der Waals surface area contributed by atoms with Crippen LogP contribution in [0.2, 0.25) is 0 Å². The lowest BCUT2D eigenvalue weighted by atomic mass is 9.37. The van der Waals surface area contributed by atoms with Gasteiger partial charge in [-0.2, -0.15) is 5.26 Å². The summed E-state index contributed by atoms with van der Waals surface area (Å²) in [6.07, 6.45) is 14.8. The number of nitriles is 1. The molecule has 0 radical (unpaired) electrons. The molecule has 44 heavy (non-hydrogen) atoms. The lowest BCUT2D eigenvalue weighted by molar-refractivity contribution is 0.892. The highest BCUT2D eigenvalue weighted by Crippen LogP contribution is 2.49. The number of allylic oxidation sites excluding steroid dienone is 7. The molecule has 1 atom stereocenters. The smallest absolute Gasteiger partial charge is 0.248 e. The summed E-state index contributed by atoms with van der Waals surface area (Å²) in [6.45, 7) is 0.171. The molecule has 2 heterocycles. The van der Waals surface area contributed by atoms with E-state index in [9.17, 15) is 5.26 Å². The van der Waals surface area contributed by atoms with Crippen LogP contribution in [-0.4, -0.2) is 6.71 Å². The summed E-state index contributed by atoms with van der Waals surface area (Å²) in [5.74, 6) is 0.358. The summed E-state index contributed by atoms with van der Waals surface area (Å²) in [6, 6.07) is 37.7. The first-order valence-electron chi connectivity index (χ1n) is 15.4. The summed E-state index contributed by atoms with van der Waals surface area (Å²) >= 11 is 0. The van der Waals surface area contributed by atoms with Gasteiger partial charge in [0, 0.05) is 23.0 Å². The van der Waals surface area contributed by atoms with Crippen LogP contribution in [0.25, 0.3) is 28.3 Å². The van der Waals surface area contributed by atoms with E-state index < -0.39 is 0 Å². The lowest BCUT2D eigenvalue weighted by Crippen LogP contribution is -2.54. The van der Waals surface area contributed by atoms with Crippen molar-refractivity contribution in [1.29, 1.82) is 5.26 Å². The van der Waals surface area contributed by atoms with Crippen molar-refractivity contribution in [3.8, 4) is 28.3 Å². The minimum absolute atomic E-state index is 0.171. The fourth-order valence-electron chi connectivity index (χ4n) is 8.32. The van der Waals surface area contributed by atoms with Gasteiger partial charge in [-0.15, -0.1) is 0 Å². The Morgan fingerprint density at radius 1 is 0.727 bits per heavy atom. The first-order chi connectivity index (χ1) is 21.8. The van der Waals surface area contributed by atoms with Crippen molar-refractivity contribution in [3.63, 3.8) is 0 Å². The van der Waals surface area contributed by atoms with E-state index in [2.05, 4.69) is 132 Å². The van der Waals surface area contributed by atoms with Crippen LogP contribution < -0.4 is 21.3 Å². The van der Waals surface area contributed by atoms with Gasteiger partial charge in [0.25, 0.3) is 0 Å². The molecule has 0 N–H and O–H groups in total. The minimum Gasteiger partial charge on any atom is -0.311 e. The first kappa shape index (κ1) is 23.9. The summed E-state index contributed by atoms with van der Waals surface area (Å²) < 4.78 is 0. The quantitative estimate of drug-likeness (QED) is 0.205. The molecule has 10 rings (SSSR count). The Labute approximate surface area is 257 Å². The summed E-state index contributed by atoms with van der Waals surface area (Å²) in [4.78, 5) is 2.51. The molecular weight excluding hydrogens is 531 g/mol. The third kappa shape index (κ3) is 3.15. The molecule has 0 spiro atoms. The third-order valence-corrected chi connectivity index (χ3v) is 10.2. The number of benzene rings is 5. The Kier molecular flexibility index (Phi) is 4.74. The Morgan fingerprint density at radius 2 is 1.59 bits per heavy atom. The van der Waals surface area contributed by atoms with Gasteiger partial charge in [-0.1, -0.05) is 103 Å². The molecule has 0 aromatic heterocycles. The zero-order valence-electron chi connectivity index (χ0n) is 24.0. The number of para-hydroxylation sites is 1. The SMILES string of the molecule is N#Cc1ccc(-c2ccc3c(c2)B2c4ccccc4N(c4cc5c6c(c4)CC=C4C=CC=C(C=C5)C46)c4cccc-3c42)cc1. The molecule has 0 saturated heterocycles. The number of nitrogens with zero attached hydrogens (tertiary/aromatic N) is 2. The van der Waals surface area contributed by atoms with Crippen LogP contribution in [0, 0.1) is 11.3 Å². The fourth-order valence-corrected chi connectivity index (χ4v) is 8.32. The van der Waals surface area contributed by atoms with Crippen molar-refractivity contribution < 1.29 is 0 Å². The van der Waals surface area contributed by atoms with E-state index in [-0.39, 0.29) is 6.71 Å². The number of rotatable bonds is 2. The molecule has 0 bridgehead atoms. The molecule has 2 nitrogen and oxygen atoms in total. The van der Waals surface area contributed by atoms with Crippen LogP contribution >= 0.6 is 0 Å². The van der Waals surface area contributed by atoms with Gasteiger partial charge < -0.3 is 4.90 Å². The molecule has 202 valence electrons. The second-order valence-corrected chi connectivity index (χ2v) is 12.4. The topological polar surface area (TPSA) is 27.0 Å². The van der Waals surface area contributed by atoms with Crippen LogP contribution in [0.15, 0.2) is 139 Å². The molecular formula is C41H25BN2. The highest BCUT2D eigenvalue weighted by Gasteiger charge is 2.42. The molecule has 5 aliphatic rings. The molecule has 0 fully saturated rings. The zero-order chi connectivity index (χ0) is 28.9.